The SMILES string of the molecule is CC1C(O)CCCN1C(=O)NC1CCC(O)(c2ccccc2)CC1. The van der Waals surface area contributed by atoms with Crippen molar-refractivity contribution in [2.45, 2.75) is 69.2 Å². The van der Waals surface area contributed by atoms with Gasteiger partial charge in [0.05, 0.1) is 17.7 Å². The molecule has 0 radical (unpaired) electrons. The monoisotopic (exact) mass is 332 g/mol. The molecule has 2 unspecified atom stereocenters. The lowest BCUT2D eigenvalue weighted by Gasteiger charge is -2.40. The second kappa shape index (κ2) is 7.11. The van der Waals surface area contributed by atoms with Gasteiger partial charge in [-0.1, -0.05) is 30.3 Å². The average molecular weight is 332 g/mol. The van der Waals surface area contributed by atoms with E-state index in [-0.39, 0.29) is 18.1 Å². The van der Waals surface area contributed by atoms with Crippen molar-refractivity contribution in [2.24, 2.45) is 0 Å². The minimum absolute atomic E-state index is 0.0867. The summed E-state index contributed by atoms with van der Waals surface area (Å²) in [7, 11) is 0. The Morgan fingerprint density at radius 3 is 2.54 bits per heavy atom. The third-order valence-corrected chi connectivity index (χ3v) is 5.66. The predicted octanol–water partition coefficient (Wildman–Crippen LogP) is 2.37. The van der Waals surface area contributed by atoms with E-state index in [4.69, 9.17) is 0 Å². The summed E-state index contributed by atoms with van der Waals surface area (Å²) in [4.78, 5) is 14.2. The van der Waals surface area contributed by atoms with E-state index >= 15 is 0 Å². The number of piperidine rings is 1. The number of carbonyl (C=O) groups is 1. The standard InChI is InChI=1S/C19H28N2O3/c1-14-17(22)8-5-13-21(14)18(23)20-16-9-11-19(24,12-10-16)15-6-3-2-4-7-15/h2-4,6-7,14,16-17,22,24H,5,8-13H2,1H3,(H,20,23). The Hall–Kier alpha value is -1.59. The minimum Gasteiger partial charge on any atom is -0.391 e. The normalized spacial score (nSPS) is 34.0. The smallest absolute Gasteiger partial charge is 0.317 e. The van der Waals surface area contributed by atoms with Crippen LogP contribution in [0.3, 0.4) is 0 Å². The molecule has 2 fully saturated rings. The number of benzene rings is 1. The molecule has 0 bridgehead atoms. The van der Waals surface area contributed by atoms with E-state index in [1.165, 1.54) is 0 Å². The zero-order chi connectivity index (χ0) is 17.2. The van der Waals surface area contributed by atoms with Crippen LogP contribution in [-0.4, -0.2) is 45.9 Å². The maximum absolute atomic E-state index is 12.5. The third kappa shape index (κ3) is 3.57. The Balaban J connectivity index is 1.55. The van der Waals surface area contributed by atoms with Gasteiger partial charge in [-0.05, 0) is 51.0 Å². The van der Waals surface area contributed by atoms with Gasteiger partial charge in [0.2, 0.25) is 0 Å². The summed E-state index contributed by atoms with van der Waals surface area (Å²) in [5, 5.41) is 23.9. The Morgan fingerprint density at radius 1 is 1.21 bits per heavy atom. The van der Waals surface area contributed by atoms with Gasteiger partial charge in [-0.15, -0.1) is 0 Å². The van der Waals surface area contributed by atoms with Crippen molar-refractivity contribution >= 4 is 6.03 Å². The molecule has 1 aliphatic carbocycles. The number of aliphatic hydroxyl groups excluding tert-OH is 1. The molecule has 0 aromatic heterocycles. The van der Waals surface area contributed by atoms with Gasteiger partial charge in [0.25, 0.3) is 0 Å². The molecule has 3 rings (SSSR count). The zero-order valence-electron chi connectivity index (χ0n) is 14.3. The molecule has 2 aliphatic rings. The van der Waals surface area contributed by atoms with Crippen molar-refractivity contribution in [3.05, 3.63) is 35.9 Å². The van der Waals surface area contributed by atoms with Gasteiger partial charge in [0.1, 0.15) is 0 Å². The molecule has 2 atom stereocenters. The third-order valence-electron chi connectivity index (χ3n) is 5.66. The highest BCUT2D eigenvalue weighted by Crippen LogP contribution is 2.37. The molecule has 1 aromatic carbocycles. The number of amides is 2. The number of nitrogens with one attached hydrogen (secondary N) is 1. The number of hydrogen-bond donors (Lipinski definition) is 3. The molecule has 5 nitrogen and oxygen atoms in total. The first-order valence-corrected chi connectivity index (χ1v) is 9.03. The highest BCUT2D eigenvalue weighted by molar-refractivity contribution is 5.75. The van der Waals surface area contributed by atoms with Crippen LogP contribution < -0.4 is 5.32 Å². The predicted molar refractivity (Wildman–Crippen MR) is 92.5 cm³/mol. The van der Waals surface area contributed by atoms with Gasteiger partial charge in [0.15, 0.2) is 0 Å². The van der Waals surface area contributed by atoms with E-state index in [2.05, 4.69) is 5.32 Å². The van der Waals surface area contributed by atoms with Crippen molar-refractivity contribution in [3.63, 3.8) is 0 Å². The molecule has 1 saturated heterocycles. The van der Waals surface area contributed by atoms with Crippen LogP contribution >= 0.6 is 0 Å². The fourth-order valence-electron chi connectivity index (χ4n) is 3.94. The van der Waals surface area contributed by atoms with E-state index in [1.807, 2.05) is 37.3 Å². The van der Waals surface area contributed by atoms with Gasteiger partial charge >= 0.3 is 6.03 Å². The fourth-order valence-corrected chi connectivity index (χ4v) is 3.94. The van der Waals surface area contributed by atoms with Crippen LogP contribution in [-0.2, 0) is 5.60 Å². The summed E-state index contributed by atoms with van der Waals surface area (Å²) < 4.78 is 0. The van der Waals surface area contributed by atoms with Crippen LogP contribution in [0.2, 0.25) is 0 Å². The van der Waals surface area contributed by atoms with E-state index in [0.717, 1.165) is 31.2 Å². The highest BCUT2D eigenvalue weighted by Gasteiger charge is 2.36. The summed E-state index contributed by atoms with van der Waals surface area (Å²) in [5.74, 6) is 0. The first-order chi connectivity index (χ1) is 11.5. The van der Waals surface area contributed by atoms with Gasteiger partial charge in [-0.25, -0.2) is 4.79 Å². The topological polar surface area (TPSA) is 72.8 Å². The molecule has 2 amide bonds. The van der Waals surface area contributed by atoms with Gasteiger partial charge < -0.3 is 20.4 Å². The van der Waals surface area contributed by atoms with Crippen LogP contribution in [0.15, 0.2) is 30.3 Å². The average Bonchev–Trinajstić information content (AvgIpc) is 2.60. The van der Waals surface area contributed by atoms with E-state index in [0.29, 0.717) is 19.4 Å². The van der Waals surface area contributed by atoms with Crippen LogP contribution in [0.1, 0.15) is 51.0 Å². The van der Waals surface area contributed by atoms with Crippen molar-refractivity contribution in [1.29, 1.82) is 0 Å². The fraction of sp³-hybridized carbons (Fsp3) is 0.632. The Bertz CT molecular complexity index is 555. The van der Waals surface area contributed by atoms with E-state index < -0.39 is 11.7 Å². The molecule has 132 valence electrons. The molecule has 1 saturated carbocycles. The zero-order valence-corrected chi connectivity index (χ0v) is 14.3. The molecule has 3 N–H and O–H groups in total. The number of hydrogen-bond acceptors (Lipinski definition) is 3. The van der Waals surface area contributed by atoms with Crippen molar-refractivity contribution in [2.75, 3.05) is 6.54 Å². The number of aliphatic hydroxyl groups is 2. The maximum Gasteiger partial charge on any atom is 0.317 e. The van der Waals surface area contributed by atoms with Crippen LogP contribution in [0.5, 0.6) is 0 Å². The number of urea groups is 1. The second-order valence-electron chi connectivity index (χ2n) is 7.26. The second-order valence-corrected chi connectivity index (χ2v) is 7.26. The number of likely N-dealkylation sites (tertiary alicyclic amines) is 1. The Labute approximate surface area is 143 Å². The summed E-state index contributed by atoms with van der Waals surface area (Å²) >= 11 is 0. The lowest BCUT2D eigenvalue weighted by atomic mass is 9.78. The molecular weight excluding hydrogens is 304 g/mol. The Morgan fingerprint density at radius 2 is 1.88 bits per heavy atom. The molecular formula is C19H28N2O3. The first-order valence-electron chi connectivity index (χ1n) is 9.03. The lowest BCUT2D eigenvalue weighted by Crippen LogP contribution is -2.55. The molecule has 0 spiro atoms. The first kappa shape index (κ1) is 17.2. The van der Waals surface area contributed by atoms with Crippen LogP contribution in [0.25, 0.3) is 0 Å². The molecule has 1 heterocycles. The molecule has 5 heteroatoms. The van der Waals surface area contributed by atoms with Crippen LogP contribution in [0, 0.1) is 0 Å². The van der Waals surface area contributed by atoms with Crippen molar-refractivity contribution in [3.8, 4) is 0 Å². The van der Waals surface area contributed by atoms with Gasteiger partial charge in [0, 0.05) is 12.6 Å². The largest absolute Gasteiger partial charge is 0.391 e. The highest BCUT2D eigenvalue weighted by atomic mass is 16.3. The summed E-state index contributed by atoms with van der Waals surface area (Å²) in [5.41, 5.74) is 0.180. The minimum atomic E-state index is -0.781. The lowest BCUT2D eigenvalue weighted by molar-refractivity contribution is -0.00888. The molecule has 24 heavy (non-hydrogen) atoms. The quantitative estimate of drug-likeness (QED) is 0.778. The number of rotatable bonds is 2. The van der Waals surface area contributed by atoms with E-state index in [1.54, 1.807) is 4.90 Å². The van der Waals surface area contributed by atoms with Crippen molar-refractivity contribution in [1.82, 2.24) is 10.2 Å². The maximum atomic E-state index is 12.5. The van der Waals surface area contributed by atoms with Crippen LogP contribution in [0.4, 0.5) is 4.79 Å². The summed E-state index contributed by atoms with van der Waals surface area (Å²) in [6.45, 7) is 2.60. The Kier molecular flexibility index (Phi) is 5.11. The number of carbonyl (C=O) groups excluding carboxylic acids is 1. The number of nitrogens with zero attached hydrogens (tertiary/aromatic N) is 1. The molecule has 1 aromatic rings. The van der Waals surface area contributed by atoms with Gasteiger partial charge in [-0.2, -0.15) is 0 Å². The van der Waals surface area contributed by atoms with E-state index in [9.17, 15) is 15.0 Å². The van der Waals surface area contributed by atoms with Crippen molar-refractivity contribution < 1.29 is 15.0 Å². The summed E-state index contributed by atoms with van der Waals surface area (Å²) in [6.07, 6.45) is 4.01. The summed E-state index contributed by atoms with van der Waals surface area (Å²) in [6, 6.07) is 9.65. The van der Waals surface area contributed by atoms with Gasteiger partial charge in [-0.3, -0.25) is 0 Å². The molecule has 1 aliphatic heterocycles.